The summed E-state index contributed by atoms with van der Waals surface area (Å²) in [6.07, 6.45) is -2.41. The number of morpholine rings is 1. The van der Waals surface area contributed by atoms with E-state index in [1.165, 1.54) is 16.4 Å². The summed E-state index contributed by atoms with van der Waals surface area (Å²) >= 11 is 0.982. The molecule has 0 amide bonds. The molecule has 4 atom stereocenters. The highest BCUT2D eigenvalue weighted by Crippen LogP contribution is 2.38. The van der Waals surface area contributed by atoms with Crippen LogP contribution in [0.5, 0.6) is 0 Å². The summed E-state index contributed by atoms with van der Waals surface area (Å²) in [6, 6.07) is 2.46. The van der Waals surface area contributed by atoms with E-state index in [1.807, 2.05) is 0 Å². The summed E-state index contributed by atoms with van der Waals surface area (Å²) < 4.78 is 74.0. The molecule has 2 aromatic heterocycles. The van der Waals surface area contributed by atoms with E-state index in [4.69, 9.17) is 10.5 Å². The summed E-state index contributed by atoms with van der Waals surface area (Å²) in [5.41, 5.74) is 2.16. The molecule has 0 aliphatic carbocycles. The van der Waals surface area contributed by atoms with Crippen LogP contribution in [-0.2, 0) is 20.4 Å². The lowest BCUT2D eigenvalue weighted by Crippen LogP contribution is -2.64. The molecule has 3 aliphatic heterocycles. The van der Waals surface area contributed by atoms with E-state index in [-0.39, 0.29) is 41.9 Å². The summed E-state index contributed by atoms with van der Waals surface area (Å²) in [5, 5.41) is 20.7. The molecule has 0 radical (unpaired) electrons. The number of aliphatic hydroxyl groups is 2. The molecule has 0 saturated carbocycles. The van der Waals surface area contributed by atoms with Gasteiger partial charge in [-0.15, -0.1) is 11.3 Å². The van der Waals surface area contributed by atoms with Gasteiger partial charge in [-0.25, -0.2) is 18.4 Å². The number of hydrogen-bond donors (Lipinski definition) is 3. The predicted octanol–water partition coefficient (Wildman–Crippen LogP) is 0.994. The topological polar surface area (TPSA) is 145 Å². The number of thiophene rings is 1. The number of rotatable bonds is 6. The first-order chi connectivity index (χ1) is 18.3. The van der Waals surface area contributed by atoms with E-state index in [9.17, 15) is 31.8 Å². The number of alkyl halides is 3. The molecule has 11 nitrogen and oxygen atoms in total. The number of aliphatic hydroxyl groups excluding tert-OH is 1. The molecule has 3 aliphatic rings. The molecular weight excluding hydrogens is 561 g/mol. The summed E-state index contributed by atoms with van der Waals surface area (Å²) in [5.74, 6) is 0.137. The van der Waals surface area contributed by atoms with E-state index in [0.29, 0.717) is 44.5 Å². The average Bonchev–Trinajstić information content (AvgIpc) is 3.31. The minimum Gasteiger partial charge on any atom is -0.393 e. The second-order valence-corrected chi connectivity index (χ2v) is 13.7. The molecule has 5 rings (SSSR count). The molecule has 3 unspecified atom stereocenters. The Hall–Kier alpha value is -2.08. The number of piperidine rings is 1. The Morgan fingerprint density at radius 3 is 2.36 bits per heavy atom. The van der Waals surface area contributed by atoms with E-state index >= 15 is 0 Å². The Balaban J connectivity index is 1.43. The zero-order valence-electron chi connectivity index (χ0n) is 21.2. The van der Waals surface area contributed by atoms with Crippen molar-refractivity contribution in [3.8, 4) is 0 Å². The number of ether oxygens (including phenoxy) is 1. The van der Waals surface area contributed by atoms with Crippen LogP contribution in [-0.4, -0.2) is 108 Å². The van der Waals surface area contributed by atoms with Gasteiger partial charge in [0.25, 0.3) is 10.0 Å². The van der Waals surface area contributed by atoms with E-state index in [0.717, 1.165) is 23.7 Å². The van der Waals surface area contributed by atoms with Gasteiger partial charge in [0, 0.05) is 56.2 Å². The van der Waals surface area contributed by atoms with Crippen LogP contribution < -0.4 is 10.6 Å². The number of nitrogen functional groups attached to an aromatic ring is 1. The minimum atomic E-state index is -4.91. The van der Waals surface area contributed by atoms with Crippen molar-refractivity contribution in [2.45, 2.75) is 60.0 Å². The van der Waals surface area contributed by atoms with Crippen LogP contribution in [0.3, 0.4) is 0 Å². The van der Waals surface area contributed by atoms with Crippen LogP contribution in [0.25, 0.3) is 0 Å². The van der Waals surface area contributed by atoms with Gasteiger partial charge in [-0.2, -0.15) is 17.5 Å². The van der Waals surface area contributed by atoms with Gasteiger partial charge < -0.3 is 25.6 Å². The first-order valence-corrected chi connectivity index (χ1v) is 14.8. The van der Waals surface area contributed by atoms with Crippen molar-refractivity contribution < 1.29 is 36.5 Å². The van der Waals surface area contributed by atoms with Gasteiger partial charge in [-0.3, -0.25) is 4.90 Å². The second-order valence-electron chi connectivity index (χ2n) is 10.4. The molecule has 4 N–H and O–H groups in total. The van der Waals surface area contributed by atoms with Crippen molar-refractivity contribution in [2.75, 3.05) is 50.0 Å². The maximum absolute atomic E-state index is 13.4. The molecule has 216 valence electrons. The Labute approximate surface area is 228 Å². The molecule has 3 fully saturated rings. The Morgan fingerprint density at radius 1 is 1.15 bits per heavy atom. The smallest absolute Gasteiger partial charge is 0.393 e. The second kappa shape index (κ2) is 10.4. The molecule has 16 heteroatoms. The minimum absolute atomic E-state index is 0.0522. The highest BCUT2D eigenvalue weighted by molar-refractivity contribution is 7.91. The van der Waals surface area contributed by atoms with E-state index in [2.05, 4.69) is 14.9 Å². The lowest BCUT2D eigenvalue weighted by Gasteiger charge is -2.50. The fraction of sp³-hybridized carbons (Fsp3) is 0.652. The molecule has 5 heterocycles. The summed E-state index contributed by atoms with van der Waals surface area (Å²) in [6.45, 7) is 2.32. The number of nitrogens with two attached hydrogens (primary N) is 1. The van der Waals surface area contributed by atoms with Crippen LogP contribution in [0.1, 0.15) is 25.3 Å². The molecule has 2 aromatic rings. The SMILES string of the molecule is CC(O)(c1cnc(N2CCN(S(=O)(=O)c3ccc(N)s3)C[C@@H]2CN2C3COCC2CC(O)C3)nc1)C(F)(F)F. The van der Waals surface area contributed by atoms with Crippen molar-refractivity contribution in [3.05, 3.63) is 30.1 Å². The average molecular weight is 593 g/mol. The fourth-order valence-corrected chi connectivity index (χ4v) is 8.17. The molecule has 0 spiro atoms. The Morgan fingerprint density at radius 2 is 1.79 bits per heavy atom. The maximum atomic E-state index is 13.4. The lowest BCUT2D eigenvalue weighted by atomic mass is 9.91. The predicted molar refractivity (Wildman–Crippen MR) is 137 cm³/mol. The third kappa shape index (κ3) is 5.47. The van der Waals surface area contributed by atoms with Crippen LogP contribution in [0, 0.1) is 0 Å². The standard InChI is InChI=1S/C23H31F3N6O5S2/c1-22(34,23(24,25)26)14-8-28-21(29-9-14)31-5-4-30(39(35,36)20-3-2-19(27)38-20)10-17(31)11-32-15-6-18(33)7-16(32)13-37-12-15/h2-3,8-9,15-18,33-34H,4-7,10-13,27H2,1H3/t15?,16?,17-,18?,22?/m1/s1. The number of sulfonamides is 1. The van der Waals surface area contributed by atoms with Crippen molar-refractivity contribution in [3.63, 3.8) is 0 Å². The first-order valence-electron chi connectivity index (χ1n) is 12.5. The molecule has 39 heavy (non-hydrogen) atoms. The Kier molecular flexibility index (Phi) is 7.58. The maximum Gasteiger partial charge on any atom is 0.421 e. The van der Waals surface area contributed by atoms with Gasteiger partial charge in [-0.05, 0) is 31.9 Å². The number of piperazine rings is 1. The van der Waals surface area contributed by atoms with Gasteiger partial charge >= 0.3 is 6.18 Å². The number of nitrogens with zero attached hydrogens (tertiary/aromatic N) is 5. The number of fused-ring (bicyclic) bond motifs is 2. The van der Waals surface area contributed by atoms with Crippen LogP contribution in [0.4, 0.5) is 24.1 Å². The van der Waals surface area contributed by atoms with Gasteiger partial charge in [0.2, 0.25) is 5.95 Å². The van der Waals surface area contributed by atoms with Crippen LogP contribution in [0.15, 0.2) is 28.7 Å². The van der Waals surface area contributed by atoms with Crippen molar-refractivity contribution in [2.24, 2.45) is 0 Å². The quantitative estimate of drug-likeness (QED) is 0.444. The molecule has 0 aromatic carbocycles. The van der Waals surface area contributed by atoms with Crippen molar-refractivity contribution in [1.29, 1.82) is 0 Å². The van der Waals surface area contributed by atoms with E-state index < -0.39 is 39.5 Å². The Bertz CT molecular complexity index is 1260. The third-order valence-electron chi connectivity index (χ3n) is 7.72. The molecule has 3 saturated heterocycles. The number of aromatic nitrogens is 2. The van der Waals surface area contributed by atoms with Gasteiger partial charge in [0.05, 0.1) is 30.4 Å². The van der Waals surface area contributed by atoms with Gasteiger partial charge in [0.15, 0.2) is 5.60 Å². The monoisotopic (exact) mass is 592 g/mol. The summed E-state index contributed by atoms with van der Waals surface area (Å²) in [4.78, 5) is 12.3. The number of anilines is 2. The van der Waals surface area contributed by atoms with Gasteiger partial charge in [-0.1, -0.05) is 0 Å². The first kappa shape index (κ1) is 28.4. The molecular formula is C23H31F3N6O5S2. The van der Waals surface area contributed by atoms with Crippen molar-refractivity contribution >= 4 is 32.3 Å². The zero-order valence-corrected chi connectivity index (χ0v) is 22.8. The highest BCUT2D eigenvalue weighted by atomic mass is 32.2. The van der Waals surface area contributed by atoms with Crippen molar-refractivity contribution in [1.82, 2.24) is 19.2 Å². The lowest BCUT2D eigenvalue weighted by molar-refractivity contribution is -0.259. The highest BCUT2D eigenvalue weighted by Gasteiger charge is 2.52. The summed E-state index contributed by atoms with van der Waals surface area (Å²) in [7, 11) is -3.83. The number of hydrogen-bond acceptors (Lipinski definition) is 11. The van der Waals surface area contributed by atoms with Crippen LogP contribution in [0.2, 0.25) is 0 Å². The fourth-order valence-electron chi connectivity index (χ4n) is 5.45. The normalized spacial score (nSPS) is 28.8. The van der Waals surface area contributed by atoms with Crippen LogP contribution >= 0.6 is 11.3 Å². The van der Waals surface area contributed by atoms with E-state index in [1.54, 1.807) is 4.90 Å². The number of halogens is 3. The zero-order chi connectivity index (χ0) is 28.2. The third-order valence-corrected chi connectivity index (χ3v) is 11.0. The largest absolute Gasteiger partial charge is 0.421 e. The van der Waals surface area contributed by atoms with Gasteiger partial charge in [0.1, 0.15) is 4.21 Å². The molecule has 2 bridgehead atoms.